The van der Waals surface area contributed by atoms with Gasteiger partial charge in [0, 0.05) is 12.6 Å². The Morgan fingerprint density at radius 1 is 1.18 bits per heavy atom. The van der Waals surface area contributed by atoms with Gasteiger partial charge in [0.05, 0.1) is 0 Å². The number of carbonyl (C=O) groups is 2. The molecule has 0 aromatic heterocycles. The van der Waals surface area contributed by atoms with Crippen LogP contribution in [0.3, 0.4) is 0 Å². The maximum absolute atomic E-state index is 9.10. The molecule has 0 aliphatic carbocycles. The zero-order valence-electron chi connectivity index (χ0n) is 10.5. The minimum Gasteiger partial charge on any atom is -0.473 e. The third-order valence-corrected chi connectivity index (χ3v) is 2.43. The van der Waals surface area contributed by atoms with Gasteiger partial charge in [-0.2, -0.15) is 0 Å². The van der Waals surface area contributed by atoms with E-state index in [2.05, 4.69) is 24.3 Å². The number of rotatable bonds is 2. The predicted octanol–water partition coefficient (Wildman–Crippen LogP) is 0.236. The van der Waals surface area contributed by atoms with Crippen LogP contribution in [-0.2, 0) is 9.59 Å². The van der Waals surface area contributed by atoms with Crippen LogP contribution in [0.25, 0.3) is 0 Å². The van der Waals surface area contributed by atoms with Crippen LogP contribution in [0.1, 0.15) is 25.7 Å². The van der Waals surface area contributed by atoms with Crippen LogP contribution < -0.4 is 5.32 Å². The van der Waals surface area contributed by atoms with E-state index in [0.29, 0.717) is 0 Å². The molecule has 0 spiro atoms. The molecule has 0 saturated carbocycles. The first-order valence-corrected chi connectivity index (χ1v) is 5.77. The number of carboxylic acids is 2. The van der Waals surface area contributed by atoms with Gasteiger partial charge in [-0.05, 0) is 33.5 Å². The summed E-state index contributed by atoms with van der Waals surface area (Å²) in [5.74, 6) is -3.65. The van der Waals surface area contributed by atoms with Crippen molar-refractivity contribution >= 4 is 11.9 Å². The standard InChI is InChI=1S/C9H20N2.C2H2O4/c1-11(2)8-9-6-4-3-5-7-10-9;3-1(4)2(5)6/h9-10H,3-8H2,1-2H3;(H,3,4)(H,5,6). The topological polar surface area (TPSA) is 89.9 Å². The molecule has 1 rings (SSSR count). The lowest BCUT2D eigenvalue weighted by Crippen LogP contribution is -2.37. The summed E-state index contributed by atoms with van der Waals surface area (Å²) in [6.45, 7) is 2.42. The molecule has 0 aromatic carbocycles. The molecular formula is C11H22N2O4. The second-order valence-electron chi connectivity index (χ2n) is 4.37. The predicted molar refractivity (Wildman–Crippen MR) is 64.1 cm³/mol. The van der Waals surface area contributed by atoms with E-state index in [-0.39, 0.29) is 0 Å². The second-order valence-corrected chi connectivity index (χ2v) is 4.37. The van der Waals surface area contributed by atoms with Gasteiger partial charge in [-0.3, -0.25) is 0 Å². The number of aliphatic carboxylic acids is 2. The molecule has 1 heterocycles. The van der Waals surface area contributed by atoms with E-state index in [1.807, 2.05) is 0 Å². The lowest BCUT2D eigenvalue weighted by atomic mass is 10.1. The highest BCUT2D eigenvalue weighted by molar-refractivity contribution is 6.27. The zero-order valence-corrected chi connectivity index (χ0v) is 10.5. The average molecular weight is 246 g/mol. The number of hydrogen-bond acceptors (Lipinski definition) is 4. The summed E-state index contributed by atoms with van der Waals surface area (Å²) in [5.41, 5.74) is 0. The maximum Gasteiger partial charge on any atom is 0.414 e. The van der Waals surface area contributed by atoms with Gasteiger partial charge < -0.3 is 20.4 Å². The van der Waals surface area contributed by atoms with Gasteiger partial charge in [0.15, 0.2) is 0 Å². The molecule has 1 fully saturated rings. The fourth-order valence-electron chi connectivity index (χ4n) is 1.70. The van der Waals surface area contributed by atoms with Crippen molar-refractivity contribution in [2.24, 2.45) is 0 Å². The minimum absolute atomic E-state index is 0.743. The van der Waals surface area contributed by atoms with Crippen LogP contribution in [0.15, 0.2) is 0 Å². The largest absolute Gasteiger partial charge is 0.473 e. The van der Waals surface area contributed by atoms with E-state index in [1.54, 1.807) is 0 Å². The Labute approximate surface area is 102 Å². The molecule has 1 aliphatic heterocycles. The monoisotopic (exact) mass is 246 g/mol. The summed E-state index contributed by atoms with van der Waals surface area (Å²) >= 11 is 0. The quantitative estimate of drug-likeness (QED) is 0.605. The van der Waals surface area contributed by atoms with Crippen LogP contribution in [0.4, 0.5) is 0 Å². The Morgan fingerprint density at radius 2 is 1.76 bits per heavy atom. The van der Waals surface area contributed by atoms with Gasteiger partial charge in [-0.25, -0.2) is 9.59 Å². The highest BCUT2D eigenvalue weighted by Crippen LogP contribution is 2.08. The molecule has 1 unspecified atom stereocenters. The Kier molecular flexibility index (Phi) is 8.35. The Balaban J connectivity index is 0.000000366. The average Bonchev–Trinajstić information content (AvgIpc) is 2.46. The molecule has 6 heteroatoms. The van der Waals surface area contributed by atoms with E-state index in [4.69, 9.17) is 19.8 Å². The molecule has 0 radical (unpaired) electrons. The molecule has 0 aromatic rings. The molecule has 0 amide bonds. The lowest BCUT2D eigenvalue weighted by molar-refractivity contribution is -0.159. The number of nitrogens with one attached hydrogen (secondary N) is 1. The Bertz CT molecular complexity index is 224. The van der Waals surface area contributed by atoms with E-state index in [9.17, 15) is 0 Å². The van der Waals surface area contributed by atoms with Crippen LogP contribution in [-0.4, -0.2) is 60.3 Å². The lowest BCUT2D eigenvalue weighted by Gasteiger charge is -2.19. The maximum atomic E-state index is 9.10. The molecule has 1 saturated heterocycles. The molecule has 6 nitrogen and oxygen atoms in total. The fourth-order valence-corrected chi connectivity index (χ4v) is 1.70. The van der Waals surface area contributed by atoms with E-state index in [1.165, 1.54) is 38.8 Å². The molecule has 17 heavy (non-hydrogen) atoms. The third kappa shape index (κ3) is 9.77. The van der Waals surface area contributed by atoms with Gasteiger partial charge in [-0.15, -0.1) is 0 Å². The van der Waals surface area contributed by atoms with Crippen LogP contribution in [0.5, 0.6) is 0 Å². The van der Waals surface area contributed by atoms with Crippen LogP contribution in [0, 0.1) is 0 Å². The normalized spacial score (nSPS) is 20.1. The summed E-state index contributed by atoms with van der Waals surface area (Å²) in [6.07, 6.45) is 5.55. The van der Waals surface area contributed by atoms with Crippen LogP contribution in [0.2, 0.25) is 0 Å². The molecular weight excluding hydrogens is 224 g/mol. The first-order valence-electron chi connectivity index (χ1n) is 5.77. The molecule has 3 N–H and O–H groups in total. The van der Waals surface area contributed by atoms with Gasteiger partial charge in [0.25, 0.3) is 0 Å². The van der Waals surface area contributed by atoms with Crippen molar-refractivity contribution < 1.29 is 19.8 Å². The highest BCUT2D eigenvalue weighted by atomic mass is 16.4. The molecule has 1 atom stereocenters. The van der Waals surface area contributed by atoms with E-state index in [0.717, 1.165) is 6.04 Å². The number of hydrogen-bond donors (Lipinski definition) is 3. The van der Waals surface area contributed by atoms with Crippen molar-refractivity contribution in [3.05, 3.63) is 0 Å². The van der Waals surface area contributed by atoms with Gasteiger partial charge >= 0.3 is 11.9 Å². The van der Waals surface area contributed by atoms with Crippen molar-refractivity contribution in [2.45, 2.75) is 31.7 Å². The first kappa shape index (κ1) is 15.9. The minimum atomic E-state index is -1.82. The van der Waals surface area contributed by atoms with Crippen molar-refractivity contribution in [1.82, 2.24) is 10.2 Å². The Hall–Kier alpha value is -1.14. The Morgan fingerprint density at radius 3 is 2.24 bits per heavy atom. The summed E-state index contributed by atoms with van der Waals surface area (Å²) in [7, 11) is 4.29. The summed E-state index contributed by atoms with van der Waals surface area (Å²) in [4.78, 5) is 20.5. The first-order chi connectivity index (χ1) is 7.93. The SMILES string of the molecule is CN(C)CC1CCCCCN1.O=C(O)C(=O)O. The van der Waals surface area contributed by atoms with Crippen molar-refractivity contribution in [3.8, 4) is 0 Å². The number of likely N-dealkylation sites (N-methyl/N-ethyl adjacent to an activating group) is 1. The summed E-state index contributed by atoms with van der Waals surface area (Å²) in [5, 5.41) is 18.4. The summed E-state index contributed by atoms with van der Waals surface area (Å²) in [6, 6.07) is 0.743. The molecule has 1 aliphatic rings. The smallest absolute Gasteiger partial charge is 0.414 e. The summed E-state index contributed by atoms with van der Waals surface area (Å²) < 4.78 is 0. The second kappa shape index (κ2) is 8.95. The van der Waals surface area contributed by atoms with Gasteiger partial charge in [0.1, 0.15) is 0 Å². The highest BCUT2D eigenvalue weighted by Gasteiger charge is 2.11. The fraction of sp³-hybridized carbons (Fsp3) is 0.818. The zero-order chi connectivity index (χ0) is 13.3. The molecule has 0 bridgehead atoms. The van der Waals surface area contributed by atoms with Crippen molar-refractivity contribution in [2.75, 3.05) is 27.2 Å². The van der Waals surface area contributed by atoms with Gasteiger partial charge in [-0.1, -0.05) is 12.8 Å². The van der Waals surface area contributed by atoms with Crippen LogP contribution >= 0.6 is 0 Å². The van der Waals surface area contributed by atoms with Gasteiger partial charge in [0.2, 0.25) is 0 Å². The van der Waals surface area contributed by atoms with Crippen molar-refractivity contribution in [3.63, 3.8) is 0 Å². The molecule has 100 valence electrons. The number of carboxylic acid groups (broad SMARTS) is 2. The third-order valence-electron chi connectivity index (χ3n) is 2.43. The van der Waals surface area contributed by atoms with Crippen molar-refractivity contribution in [1.29, 1.82) is 0 Å². The number of nitrogens with zero attached hydrogens (tertiary/aromatic N) is 1. The van der Waals surface area contributed by atoms with E-state index >= 15 is 0 Å². The van der Waals surface area contributed by atoms with E-state index < -0.39 is 11.9 Å².